The number of hydrogen-bond acceptors (Lipinski definition) is 3. The van der Waals surface area contributed by atoms with Crippen molar-refractivity contribution < 1.29 is 8.78 Å². The van der Waals surface area contributed by atoms with E-state index in [0.717, 1.165) is 38.8 Å². The molecule has 3 heterocycles. The summed E-state index contributed by atoms with van der Waals surface area (Å²) in [7, 11) is 0. The third-order valence-electron chi connectivity index (χ3n) is 4.01. The molecule has 4 rings (SSSR count). The molecule has 0 spiro atoms. The zero-order chi connectivity index (χ0) is 12.7. The topological polar surface area (TPSA) is 32.5 Å². The van der Waals surface area contributed by atoms with Gasteiger partial charge in [-0.1, -0.05) is 0 Å². The van der Waals surface area contributed by atoms with Gasteiger partial charge in [0.05, 0.1) is 0 Å². The largest absolute Gasteiger partial charge is 0.323 e. The normalized spacial score (nSPS) is 32.5. The predicted octanol–water partition coefficient (Wildman–Crippen LogP) is 0.964. The summed E-state index contributed by atoms with van der Waals surface area (Å²) >= 11 is 0. The number of nitrogens with zero attached hydrogens (tertiary/aromatic N) is 2. The molecular weight excluding hydrogens is 236 g/mol. The zero-order valence-corrected chi connectivity index (χ0v) is 10.1. The lowest BCUT2D eigenvalue weighted by atomic mass is 9.94. The van der Waals surface area contributed by atoms with E-state index in [0.29, 0.717) is 5.56 Å². The van der Waals surface area contributed by atoms with Gasteiger partial charge in [-0.15, -0.1) is 0 Å². The molecule has 3 aliphatic heterocycles. The average Bonchev–Trinajstić information content (AvgIpc) is 2.38. The summed E-state index contributed by atoms with van der Waals surface area (Å²) in [6, 6.07) is 3.39. The standard InChI is InChI=1S/C13H17F2N3/c14-10-5-9(6-11(15)7-10)13(16)12-8-17-1-3-18(12)4-2-17/h5-7,12-13H,1-4,8,16H2. The van der Waals surface area contributed by atoms with Gasteiger partial charge in [-0.25, -0.2) is 8.78 Å². The maximum atomic E-state index is 13.2. The summed E-state index contributed by atoms with van der Waals surface area (Å²) in [6.45, 7) is 5.02. The first-order valence-electron chi connectivity index (χ1n) is 6.31. The van der Waals surface area contributed by atoms with Gasteiger partial charge in [-0.2, -0.15) is 0 Å². The van der Waals surface area contributed by atoms with Crippen LogP contribution in [0.15, 0.2) is 18.2 Å². The van der Waals surface area contributed by atoms with E-state index in [2.05, 4.69) is 9.80 Å². The summed E-state index contributed by atoms with van der Waals surface area (Å²) in [5.41, 5.74) is 6.74. The van der Waals surface area contributed by atoms with E-state index in [9.17, 15) is 8.78 Å². The maximum Gasteiger partial charge on any atom is 0.126 e. The Kier molecular flexibility index (Phi) is 3.05. The van der Waals surface area contributed by atoms with Gasteiger partial charge >= 0.3 is 0 Å². The molecule has 3 saturated heterocycles. The van der Waals surface area contributed by atoms with Gasteiger partial charge in [-0.05, 0) is 17.7 Å². The van der Waals surface area contributed by atoms with Crippen LogP contribution in [0.5, 0.6) is 0 Å². The van der Waals surface area contributed by atoms with Gasteiger partial charge in [0.1, 0.15) is 11.6 Å². The highest BCUT2D eigenvalue weighted by atomic mass is 19.1. The van der Waals surface area contributed by atoms with Crippen LogP contribution in [-0.2, 0) is 0 Å². The molecule has 0 aromatic heterocycles. The summed E-state index contributed by atoms with van der Waals surface area (Å²) in [5.74, 6) is -1.12. The van der Waals surface area contributed by atoms with E-state index in [1.54, 1.807) is 0 Å². The second kappa shape index (κ2) is 4.57. The molecular formula is C13H17F2N3. The lowest BCUT2D eigenvalue weighted by molar-refractivity contribution is 0.00208. The van der Waals surface area contributed by atoms with Crippen LogP contribution in [0, 0.1) is 11.6 Å². The van der Waals surface area contributed by atoms with Gasteiger partial charge in [0.2, 0.25) is 0 Å². The van der Waals surface area contributed by atoms with Gasteiger partial charge in [0, 0.05) is 50.9 Å². The molecule has 2 N–H and O–H groups in total. The minimum atomic E-state index is -0.559. The first kappa shape index (κ1) is 12.0. The molecule has 2 bridgehead atoms. The molecule has 1 aromatic rings. The number of rotatable bonds is 2. The Hall–Kier alpha value is -1.04. The quantitative estimate of drug-likeness (QED) is 0.852. The van der Waals surface area contributed by atoms with E-state index in [-0.39, 0.29) is 12.1 Å². The Morgan fingerprint density at radius 3 is 2.17 bits per heavy atom. The maximum absolute atomic E-state index is 13.2. The third kappa shape index (κ3) is 2.13. The van der Waals surface area contributed by atoms with Crippen molar-refractivity contribution in [3.05, 3.63) is 35.4 Å². The van der Waals surface area contributed by atoms with E-state index in [1.165, 1.54) is 12.1 Å². The second-order valence-electron chi connectivity index (χ2n) is 5.13. The summed E-state index contributed by atoms with van der Waals surface area (Å²) in [5, 5.41) is 0. The molecule has 0 saturated carbocycles. The van der Waals surface area contributed by atoms with Crippen molar-refractivity contribution in [2.45, 2.75) is 12.1 Å². The van der Waals surface area contributed by atoms with Crippen molar-refractivity contribution >= 4 is 0 Å². The number of fused-ring (bicyclic) bond motifs is 3. The van der Waals surface area contributed by atoms with Crippen molar-refractivity contribution in [3.63, 3.8) is 0 Å². The van der Waals surface area contributed by atoms with Crippen LogP contribution in [-0.4, -0.2) is 48.6 Å². The van der Waals surface area contributed by atoms with Crippen LogP contribution in [0.25, 0.3) is 0 Å². The van der Waals surface area contributed by atoms with Crippen molar-refractivity contribution in [1.29, 1.82) is 0 Å². The lowest BCUT2D eigenvalue weighted by Gasteiger charge is -2.49. The first-order valence-corrected chi connectivity index (χ1v) is 6.31. The fraction of sp³-hybridized carbons (Fsp3) is 0.538. The van der Waals surface area contributed by atoms with Crippen molar-refractivity contribution in [2.75, 3.05) is 32.7 Å². The van der Waals surface area contributed by atoms with Crippen LogP contribution in [0.3, 0.4) is 0 Å². The molecule has 2 atom stereocenters. The van der Waals surface area contributed by atoms with Crippen LogP contribution >= 0.6 is 0 Å². The molecule has 0 radical (unpaired) electrons. The minimum absolute atomic E-state index is 0.161. The van der Waals surface area contributed by atoms with E-state index in [4.69, 9.17) is 5.73 Å². The summed E-state index contributed by atoms with van der Waals surface area (Å²) in [4.78, 5) is 4.69. The third-order valence-corrected chi connectivity index (χ3v) is 4.01. The van der Waals surface area contributed by atoms with Crippen LogP contribution in [0.2, 0.25) is 0 Å². The molecule has 3 aliphatic rings. The summed E-state index contributed by atoms with van der Waals surface area (Å²) in [6.07, 6.45) is 0. The molecule has 1 aromatic carbocycles. The monoisotopic (exact) mass is 253 g/mol. The average molecular weight is 253 g/mol. The van der Waals surface area contributed by atoms with Crippen LogP contribution < -0.4 is 5.73 Å². The summed E-state index contributed by atoms with van der Waals surface area (Å²) < 4.78 is 26.4. The highest BCUT2D eigenvalue weighted by Crippen LogP contribution is 2.26. The van der Waals surface area contributed by atoms with Crippen molar-refractivity contribution in [3.8, 4) is 0 Å². The molecule has 0 amide bonds. The number of nitrogens with two attached hydrogens (primary N) is 1. The Bertz CT molecular complexity index is 424. The predicted molar refractivity (Wildman–Crippen MR) is 65.1 cm³/mol. The van der Waals surface area contributed by atoms with Crippen molar-refractivity contribution in [1.82, 2.24) is 9.80 Å². The minimum Gasteiger partial charge on any atom is -0.323 e. The fourth-order valence-electron chi connectivity index (χ4n) is 2.99. The SMILES string of the molecule is NC(c1cc(F)cc(F)c1)C1CN2CCN1CC2. The van der Waals surface area contributed by atoms with Gasteiger partial charge in [0.15, 0.2) is 0 Å². The number of benzene rings is 1. The molecule has 98 valence electrons. The Morgan fingerprint density at radius 2 is 1.67 bits per heavy atom. The molecule has 3 fully saturated rings. The van der Waals surface area contributed by atoms with E-state index in [1.807, 2.05) is 0 Å². The molecule has 18 heavy (non-hydrogen) atoms. The first-order chi connectivity index (χ1) is 8.63. The highest BCUT2D eigenvalue weighted by Gasteiger charge is 2.36. The van der Waals surface area contributed by atoms with Gasteiger partial charge in [-0.3, -0.25) is 9.80 Å². The lowest BCUT2D eigenvalue weighted by Crippen LogP contribution is -2.63. The van der Waals surface area contributed by atoms with E-state index < -0.39 is 11.6 Å². The van der Waals surface area contributed by atoms with Crippen LogP contribution in [0.1, 0.15) is 11.6 Å². The van der Waals surface area contributed by atoms with Crippen LogP contribution in [0.4, 0.5) is 8.78 Å². The molecule has 3 nitrogen and oxygen atoms in total. The molecule has 2 unspecified atom stereocenters. The fourth-order valence-corrected chi connectivity index (χ4v) is 2.99. The number of halogens is 2. The number of hydrogen-bond donors (Lipinski definition) is 1. The smallest absolute Gasteiger partial charge is 0.126 e. The van der Waals surface area contributed by atoms with Gasteiger partial charge in [0.25, 0.3) is 0 Å². The van der Waals surface area contributed by atoms with Crippen molar-refractivity contribution in [2.24, 2.45) is 5.73 Å². The Morgan fingerprint density at radius 1 is 1.06 bits per heavy atom. The number of piperazine rings is 3. The molecule has 5 heteroatoms. The van der Waals surface area contributed by atoms with Gasteiger partial charge < -0.3 is 5.73 Å². The Balaban J connectivity index is 1.83. The van der Waals surface area contributed by atoms with E-state index >= 15 is 0 Å². The highest BCUT2D eigenvalue weighted by molar-refractivity contribution is 5.23. The molecule has 0 aliphatic carbocycles. The Labute approximate surface area is 105 Å². The second-order valence-corrected chi connectivity index (χ2v) is 5.13. The zero-order valence-electron chi connectivity index (χ0n) is 10.1.